The van der Waals surface area contributed by atoms with Gasteiger partial charge in [-0.2, -0.15) is 0 Å². The van der Waals surface area contributed by atoms with Crippen LogP contribution >= 0.6 is 0 Å². The zero-order valence-electron chi connectivity index (χ0n) is 17.1. The lowest BCUT2D eigenvalue weighted by Gasteiger charge is -2.23. The Labute approximate surface area is 171 Å². The first kappa shape index (κ1) is 24.1. The minimum Gasteiger partial charge on any atom is -0.368 e. The fraction of sp³-hybridized carbons (Fsp3) is 0.500. The molecule has 7 N–H and O–H groups in total. The maximum Gasteiger partial charge on any atom is 0.243 e. The number of rotatable bonds is 11. The van der Waals surface area contributed by atoms with E-state index in [2.05, 4.69) is 16.0 Å². The van der Waals surface area contributed by atoms with E-state index in [0.29, 0.717) is 6.42 Å². The summed E-state index contributed by atoms with van der Waals surface area (Å²) in [5.74, 6) is -2.04. The van der Waals surface area contributed by atoms with Gasteiger partial charge in [0.15, 0.2) is 0 Å². The SMILES string of the molecule is CC(C)CC(NC(=O)C(Cc1ccccc1)NC(=O)CNC(=O)C(C)N)C(N)=O. The lowest BCUT2D eigenvalue weighted by Crippen LogP contribution is -2.55. The van der Waals surface area contributed by atoms with Crippen LogP contribution in [0.3, 0.4) is 0 Å². The minimum atomic E-state index is -0.939. The van der Waals surface area contributed by atoms with Gasteiger partial charge in [-0.05, 0) is 24.8 Å². The van der Waals surface area contributed by atoms with E-state index in [1.807, 2.05) is 44.2 Å². The molecule has 0 bridgehead atoms. The van der Waals surface area contributed by atoms with Crippen molar-refractivity contribution >= 4 is 23.6 Å². The van der Waals surface area contributed by atoms with Crippen molar-refractivity contribution in [3.8, 4) is 0 Å². The highest BCUT2D eigenvalue weighted by molar-refractivity contribution is 5.93. The lowest BCUT2D eigenvalue weighted by atomic mass is 10.0. The molecule has 0 heterocycles. The molecule has 3 atom stereocenters. The largest absolute Gasteiger partial charge is 0.368 e. The Balaban J connectivity index is 2.86. The van der Waals surface area contributed by atoms with Gasteiger partial charge in [0, 0.05) is 6.42 Å². The average Bonchev–Trinajstić information content (AvgIpc) is 2.65. The number of benzene rings is 1. The Hall–Kier alpha value is -2.94. The third-order valence-corrected chi connectivity index (χ3v) is 4.14. The molecular weight excluding hydrogens is 374 g/mol. The van der Waals surface area contributed by atoms with Gasteiger partial charge in [0.2, 0.25) is 23.6 Å². The first-order valence-electron chi connectivity index (χ1n) is 9.56. The molecule has 0 aromatic heterocycles. The number of nitrogens with one attached hydrogen (secondary N) is 3. The van der Waals surface area contributed by atoms with Crippen LogP contribution < -0.4 is 27.4 Å². The second-order valence-electron chi connectivity index (χ2n) is 7.41. The second-order valence-corrected chi connectivity index (χ2v) is 7.41. The topological polar surface area (TPSA) is 156 Å². The summed E-state index contributed by atoms with van der Waals surface area (Å²) in [5, 5.41) is 7.61. The van der Waals surface area contributed by atoms with Crippen molar-refractivity contribution in [3.05, 3.63) is 35.9 Å². The molecule has 0 saturated heterocycles. The van der Waals surface area contributed by atoms with Crippen LogP contribution in [0.25, 0.3) is 0 Å². The van der Waals surface area contributed by atoms with E-state index in [-0.39, 0.29) is 18.9 Å². The molecule has 29 heavy (non-hydrogen) atoms. The summed E-state index contributed by atoms with van der Waals surface area (Å²) in [6.07, 6.45) is 0.602. The number of hydrogen-bond acceptors (Lipinski definition) is 5. The van der Waals surface area contributed by atoms with E-state index in [4.69, 9.17) is 11.5 Å². The number of carbonyl (C=O) groups is 4. The first-order chi connectivity index (χ1) is 13.6. The van der Waals surface area contributed by atoms with Gasteiger partial charge < -0.3 is 27.4 Å². The zero-order chi connectivity index (χ0) is 22.0. The summed E-state index contributed by atoms with van der Waals surface area (Å²) in [6, 6.07) is 6.60. The normalized spacial score (nSPS) is 13.8. The summed E-state index contributed by atoms with van der Waals surface area (Å²) in [5.41, 5.74) is 11.7. The van der Waals surface area contributed by atoms with Crippen molar-refractivity contribution in [1.29, 1.82) is 0 Å². The van der Waals surface area contributed by atoms with Gasteiger partial charge in [0.1, 0.15) is 12.1 Å². The highest BCUT2D eigenvalue weighted by Crippen LogP contribution is 2.07. The number of hydrogen-bond donors (Lipinski definition) is 5. The van der Waals surface area contributed by atoms with Crippen molar-refractivity contribution in [2.24, 2.45) is 17.4 Å². The molecular formula is C20H31N5O4. The molecule has 0 fully saturated rings. The van der Waals surface area contributed by atoms with Gasteiger partial charge in [-0.25, -0.2) is 0 Å². The third-order valence-electron chi connectivity index (χ3n) is 4.14. The Bertz CT molecular complexity index is 706. The summed E-state index contributed by atoms with van der Waals surface area (Å²) >= 11 is 0. The van der Waals surface area contributed by atoms with Crippen molar-refractivity contribution in [1.82, 2.24) is 16.0 Å². The Kier molecular flexibility index (Phi) is 9.81. The minimum absolute atomic E-state index is 0.142. The maximum absolute atomic E-state index is 12.8. The lowest BCUT2D eigenvalue weighted by molar-refractivity contribution is -0.132. The maximum atomic E-state index is 12.8. The van der Waals surface area contributed by atoms with E-state index < -0.39 is 41.8 Å². The van der Waals surface area contributed by atoms with Crippen LogP contribution in [0.5, 0.6) is 0 Å². The van der Waals surface area contributed by atoms with Crippen LogP contribution in [0.4, 0.5) is 0 Å². The van der Waals surface area contributed by atoms with Crippen molar-refractivity contribution in [3.63, 3.8) is 0 Å². The third kappa shape index (κ3) is 9.20. The molecule has 0 saturated carbocycles. The first-order valence-corrected chi connectivity index (χ1v) is 9.56. The summed E-state index contributed by atoms with van der Waals surface area (Å²) < 4.78 is 0. The summed E-state index contributed by atoms with van der Waals surface area (Å²) in [6.45, 7) is 5.00. The van der Waals surface area contributed by atoms with Crippen LogP contribution in [0.2, 0.25) is 0 Å². The molecule has 160 valence electrons. The standard InChI is InChI=1S/C20H31N5O4/c1-12(2)9-15(18(22)27)25-20(29)16(10-14-7-5-4-6-8-14)24-17(26)11-23-19(28)13(3)21/h4-8,12-13,15-16H,9-11,21H2,1-3H3,(H2,22,27)(H,23,28)(H,24,26)(H,25,29). The fourth-order valence-electron chi connectivity index (χ4n) is 2.62. The molecule has 1 aromatic carbocycles. The quantitative estimate of drug-likeness (QED) is 0.326. The van der Waals surface area contributed by atoms with Gasteiger partial charge in [0.05, 0.1) is 12.6 Å². The van der Waals surface area contributed by atoms with Crippen LogP contribution in [-0.2, 0) is 25.6 Å². The van der Waals surface area contributed by atoms with E-state index in [0.717, 1.165) is 5.56 Å². The van der Waals surface area contributed by atoms with Crippen LogP contribution in [0.15, 0.2) is 30.3 Å². The van der Waals surface area contributed by atoms with Gasteiger partial charge in [-0.15, -0.1) is 0 Å². The monoisotopic (exact) mass is 405 g/mol. The molecule has 9 nitrogen and oxygen atoms in total. The Morgan fingerprint density at radius 2 is 1.55 bits per heavy atom. The highest BCUT2D eigenvalue weighted by atomic mass is 16.2. The van der Waals surface area contributed by atoms with E-state index in [1.54, 1.807) is 0 Å². The van der Waals surface area contributed by atoms with Gasteiger partial charge in [-0.1, -0.05) is 44.2 Å². The van der Waals surface area contributed by atoms with Crippen molar-refractivity contribution in [2.75, 3.05) is 6.54 Å². The number of amides is 4. The number of nitrogens with two attached hydrogens (primary N) is 2. The van der Waals surface area contributed by atoms with Gasteiger partial charge in [-0.3, -0.25) is 19.2 Å². The van der Waals surface area contributed by atoms with Crippen molar-refractivity contribution in [2.45, 2.75) is 51.7 Å². The van der Waals surface area contributed by atoms with E-state index >= 15 is 0 Å². The fourth-order valence-corrected chi connectivity index (χ4v) is 2.62. The van der Waals surface area contributed by atoms with Crippen LogP contribution in [0.1, 0.15) is 32.8 Å². The Morgan fingerprint density at radius 3 is 2.07 bits per heavy atom. The molecule has 1 aromatic rings. The molecule has 0 spiro atoms. The smallest absolute Gasteiger partial charge is 0.243 e. The average molecular weight is 405 g/mol. The van der Waals surface area contributed by atoms with E-state index in [9.17, 15) is 19.2 Å². The molecule has 0 aliphatic carbocycles. The van der Waals surface area contributed by atoms with Crippen LogP contribution in [-0.4, -0.2) is 48.3 Å². The predicted molar refractivity (Wildman–Crippen MR) is 109 cm³/mol. The molecule has 0 aliphatic heterocycles. The Morgan fingerprint density at radius 1 is 0.931 bits per heavy atom. The highest BCUT2D eigenvalue weighted by Gasteiger charge is 2.26. The van der Waals surface area contributed by atoms with Crippen molar-refractivity contribution < 1.29 is 19.2 Å². The summed E-state index contributed by atoms with van der Waals surface area (Å²) in [7, 11) is 0. The molecule has 3 unspecified atom stereocenters. The van der Waals surface area contributed by atoms with Gasteiger partial charge in [0.25, 0.3) is 0 Å². The zero-order valence-corrected chi connectivity index (χ0v) is 17.1. The summed E-state index contributed by atoms with van der Waals surface area (Å²) in [4.78, 5) is 48.2. The predicted octanol–water partition coefficient (Wildman–Crippen LogP) is -0.806. The molecule has 9 heteroatoms. The molecule has 0 radical (unpaired) electrons. The molecule has 4 amide bonds. The van der Waals surface area contributed by atoms with E-state index in [1.165, 1.54) is 6.92 Å². The second kappa shape index (κ2) is 11.8. The van der Waals surface area contributed by atoms with Gasteiger partial charge >= 0.3 is 0 Å². The number of primary amides is 1. The number of carbonyl (C=O) groups excluding carboxylic acids is 4. The van der Waals surface area contributed by atoms with Crippen LogP contribution in [0, 0.1) is 5.92 Å². The molecule has 0 aliphatic rings. The molecule has 1 rings (SSSR count).